The van der Waals surface area contributed by atoms with E-state index in [1.54, 1.807) is 41.7 Å². The largest absolute Gasteiger partial charge is 0.497 e. The molecule has 0 saturated carbocycles. The van der Waals surface area contributed by atoms with Crippen molar-refractivity contribution in [3.63, 3.8) is 0 Å². The van der Waals surface area contributed by atoms with Crippen LogP contribution in [-0.4, -0.2) is 45.1 Å². The van der Waals surface area contributed by atoms with Gasteiger partial charge < -0.3 is 33.6 Å². The molecule has 0 spiro atoms. The summed E-state index contributed by atoms with van der Waals surface area (Å²) in [5.74, 6) is 3.81. The normalized spacial score (nSPS) is 10.7. The molecule has 0 aliphatic carbocycles. The molecular formula is C25H27N3O5. The maximum Gasteiger partial charge on any atom is 0.203 e. The van der Waals surface area contributed by atoms with Gasteiger partial charge in [-0.1, -0.05) is 0 Å². The van der Waals surface area contributed by atoms with Crippen LogP contribution in [0.2, 0.25) is 0 Å². The first kappa shape index (κ1) is 22.1. The van der Waals surface area contributed by atoms with Crippen LogP contribution in [0.3, 0.4) is 0 Å². The lowest BCUT2D eigenvalue weighted by Gasteiger charge is -2.15. The van der Waals surface area contributed by atoms with Crippen LogP contribution in [0.1, 0.15) is 0 Å². The summed E-state index contributed by atoms with van der Waals surface area (Å²) in [5, 5.41) is 4.36. The van der Waals surface area contributed by atoms with Crippen LogP contribution in [0.4, 0.5) is 11.5 Å². The molecule has 0 atom stereocenters. The predicted molar refractivity (Wildman–Crippen MR) is 129 cm³/mol. The van der Waals surface area contributed by atoms with E-state index >= 15 is 0 Å². The maximum absolute atomic E-state index is 5.48. The van der Waals surface area contributed by atoms with Crippen LogP contribution in [0.25, 0.3) is 22.2 Å². The van der Waals surface area contributed by atoms with E-state index in [4.69, 9.17) is 23.7 Å². The fourth-order valence-corrected chi connectivity index (χ4v) is 3.88. The molecule has 8 heteroatoms. The molecule has 0 saturated heterocycles. The number of methoxy groups -OCH3 is 5. The minimum atomic E-state index is 0.533. The third kappa shape index (κ3) is 4.07. The van der Waals surface area contributed by atoms with Crippen molar-refractivity contribution >= 4 is 22.4 Å². The minimum absolute atomic E-state index is 0.533. The van der Waals surface area contributed by atoms with Gasteiger partial charge in [0, 0.05) is 53.8 Å². The quantitative estimate of drug-likeness (QED) is 0.404. The average molecular weight is 450 g/mol. The third-order valence-electron chi connectivity index (χ3n) is 5.55. The summed E-state index contributed by atoms with van der Waals surface area (Å²) in [6, 6.07) is 13.6. The lowest BCUT2D eigenvalue weighted by molar-refractivity contribution is 0.324. The number of aryl methyl sites for hydroxylation is 1. The van der Waals surface area contributed by atoms with E-state index in [0.29, 0.717) is 23.1 Å². The standard InChI is InChI=1S/C25H27N3O5/c1-28-20-7-8-26-25(27-16-11-22(31-4)24(33-6)23(12-16)32-5)19(20)14-21(28)15-9-17(29-2)13-18(10-15)30-3/h7-14H,1-6H3,(H,26,27). The second kappa shape index (κ2) is 9.20. The molecule has 2 aromatic heterocycles. The Morgan fingerprint density at radius 1 is 0.758 bits per heavy atom. The third-order valence-corrected chi connectivity index (χ3v) is 5.55. The molecule has 33 heavy (non-hydrogen) atoms. The van der Waals surface area contributed by atoms with Crippen molar-refractivity contribution in [2.24, 2.45) is 7.05 Å². The van der Waals surface area contributed by atoms with Crippen molar-refractivity contribution in [3.05, 3.63) is 48.7 Å². The highest BCUT2D eigenvalue weighted by atomic mass is 16.5. The fraction of sp³-hybridized carbons (Fsp3) is 0.240. The number of benzene rings is 2. The molecule has 1 N–H and O–H groups in total. The molecule has 4 aromatic rings. The van der Waals surface area contributed by atoms with Gasteiger partial charge in [-0.15, -0.1) is 0 Å². The summed E-state index contributed by atoms with van der Waals surface area (Å²) in [4.78, 5) is 4.58. The molecule has 0 amide bonds. The number of rotatable bonds is 8. The number of ether oxygens (including phenoxy) is 5. The average Bonchev–Trinajstić information content (AvgIpc) is 3.20. The molecule has 2 aromatic carbocycles. The summed E-state index contributed by atoms with van der Waals surface area (Å²) in [6.45, 7) is 0. The van der Waals surface area contributed by atoms with Crippen LogP contribution < -0.4 is 29.0 Å². The number of anilines is 2. The van der Waals surface area contributed by atoms with Crippen LogP contribution in [0.15, 0.2) is 48.7 Å². The highest BCUT2D eigenvalue weighted by Crippen LogP contribution is 2.41. The number of aromatic nitrogens is 2. The molecule has 4 rings (SSSR count). The van der Waals surface area contributed by atoms with Crippen LogP contribution in [0, 0.1) is 0 Å². The molecular weight excluding hydrogens is 422 g/mol. The van der Waals surface area contributed by atoms with Crippen molar-refractivity contribution in [3.8, 4) is 40.0 Å². The van der Waals surface area contributed by atoms with Gasteiger partial charge in [0.2, 0.25) is 5.75 Å². The fourth-order valence-electron chi connectivity index (χ4n) is 3.88. The van der Waals surface area contributed by atoms with E-state index in [9.17, 15) is 0 Å². The Balaban J connectivity index is 1.81. The van der Waals surface area contributed by atoms with Crippen molar-refractivity contribution in [1.82, 2.24) is 9.55 Å². The summed E-state index contributed by atoms with van der Waals surface area (Å²) in [6.07, 6.45) is 1.78. The lowest BCUT2D eigenvalue weighted by Crippen LogP contribution is -1.99. The Labute approximate surface area is 192 Å². The van der Waals surface area contributed by atoms with Gasteiger partial charge in [0.05, 0.1) is 41.1 Å². The van der Waals surface area contributed by atoms with Crippen LogP contribution >= 0.6 is 0 Å². The maximum atomic E-state index is 5.48. The Morgan fingerprint density at radius 2 is 1.39 bits per heavy atom. The Hall–Kier alpha value is -4.07. The zero-order valence-corrected chi connectivity index (χ0v) is 19.6. The van der Waals surface area contributed by atoms with Crippen molar-refractivity contribution in [2.75, 3.05) is 40.9 Å². The monoisotopic (exact) mass is 449 g/mol. The summed E-state index contributed by atoms with van der Waals surface area (Å²) in [7, 11) is 10.1. The van der Waals surface area contributed by atoms with Gasteiger partial charge in [0.1, 0.15) is 17.3 Å². The van der Waals surface area contributed by atoms with Crippen molar-refractivity contribution < 1.29 is 23.7 Å². The Kier molecular flexibility index (Phi) is 6.17. The highest BCUT2D eigenvalue weighted by Gasteiger charge is 2.17. The van der Waals surface area contributed by atoms with Gasteiger partial charge in [-0.25, -0.2) is 4.98 Å². The number of hydrogen-bond acceptors (Lipinski definition) is 7. The predicted octanol–water partition coefficient (Wildman–Crippen LogP) is 5.03. The molecule has 0 unspecified atom stereocenters. The number of hydrogen-bond donors (Lipinski definition) is 1. The first-order valence-electron chi connectivity index (χ1n) is 10.3. The molecule has 172 valence electrons. The Morgan fingerprint density at radius 3 is 1.94 bits per heavy atom. The number of nitrogens with one attached hydrogen (secondary N) is 1. The molecule has 8 nitrogen and oxygen atoms in total. The molecule has 0 bridgehead atoms. The van der Waals surface area contributed by atoms with Crippen molar-refractivity contribution in [2.45, 2.75) is 0 Å². The summed E-state index contributed by atoms with van der Waals surface area (Å²) >= 11 is 0. The van der Waals surface area contributed by atoms with Gasteiger partial charge in [0.25, 0.3) is 0 Å². The second-order valence-corrected chi connectivity index (χ2v) is 7.32. The van der Waals surface area contributed by atoms with Gasteiger partial charge >= 0.3 is 0 Å². The molecule has 0 aliphatic rings. The van der Waals surface area contributed by atoms with Gasteiger partial charge in [-0.2, -0.15) is 0 Å². The van der Waals surface area contributed by atoms with E-state index in [0.717, 1.165) is 39.3 Å². The van der Waals surface area contributed by atoms with Gasteiger partial charge in [0.15, 0.2) is 11.5 Å². The molecule has 0 fully saturated rings. The van der Waals surface area contributed by atoms with E-state index in [1.165, 1.54) is 0 Å². The summed E-state index contributed by atoms with van der Waals surface area (Å²) < 4.78 is 29.4. The number of pyridine rings is 1. The van der Waals surface area contributed by atoms with Crippen LogP contribution in [0.5, 0.6) is 28.7 Å². The van der Waals surface area contributed by atoms with Gasteiger partial charge in [-0.3, -0.25) is 0 Å². The second-order valence-electron chi connectivity index (χ2n) is 7.32. The van der Waals surface area contributed by atoms with E-state index in [-0.39, 0.29) is 0 Å². The first-order chi connectivity index (χ1) is 16.0. The lowest BCUT2D eigenvalue weighted by atomic mass is 10.1. The number of nitrogens with zero attached hydrogens (tertiary/aromatic N) is 2. The zero-order chi connectivity index (χ0) is 23.5. The number of fused-ring (bicyclic) bond motifs is 1. The van der Waals surface area contributed by atoms with Gasteiger partial charge in [-0.05, 0) is 24.3 Å². The van der Waals surface area contributed by atoms with Crippen molar-refractivity contribution in [1.29, 1.82) is 0 Å². The van der Waals surface area contributed by atoms with Crippen LogP contribution in [-0.2, 0) is 7.05 Å². The Bertz CT molecular complexity index is 1250. The van der Waals surface area contributed by atoms with E-state index in [1.807, 2.05) is 43.4 Å². The SMILES string of the molecule is COc1cc(OC)cc(-c2cc3c(Nc4cc(OC)c(OC)c(OC)c4)nccc3n2C)c1. The molecule has 2 heterocycles. The molecule has 0 radical (unpaired) electrons. The highest BCUT2D eigenvalue weighted by molar-refractivity contribution is 5.96. The molecule has 0 aliphatic heterocycles. The topological polar surface area (TPSA) is 76.0 Å². The smallest absolute Gasteiger partial charge is 0.203 e. The van der Waals surface area contributed by atoms with E-state index < -0.39 is 0 Å². The first-order valence-corrected chi connectivity index (χ1v) is 10.3. The van der Waals surface area contributed by atoms with E-state index in [2.05, 4.69) is 20.9 Å². The zero-order valence-electron chi connectivity index (χ0n) is 19.6. The summed E-state index contributed by atoms with van der Waals surface area (Å²) in [5.41, 5.74) is 3.77. The minimum Gasteiger partial charge on any atom is -0.497 e.